The molecule has 7 nitrogen and oxygen atoms in total. The van der Waals surface area contributed by atoms with Gasteiger partial charge >= 0.3 is 0 Å². The number of carbonyl (C=O) groups is 1. The molecule has 5 rings (SSSR count). The summed E-state index contributed by atoms with van der Waals surface area (Å²) in [7, 11) is 0. The molecule has 2 aromatic carbocycles. The molecule has 8 heteroatoms. The molecular weight excluding hydrogens is 421 g/mol. The van der Waals surface area contributed by atoms with Crippen molar-refractivity contribution in [3.8, 4) is 22.5 Å². The second-order valence-corrected chi connectivity index (χ2v) is 8.21. The zero-order chi connectivity index (χ0) is 22.9. The molecule has 0 spiro atoms. The van der Waals surface area contributed by atoms with Crippen LogP contribution in [0.25, 0.3) is 22.5 Å². The molecule has 4 aromatic rings. The molecular formula is C25H24FN5O2. The van der Waals surface area contributed by atoms with E-state index >= 15 is 0 Å². The van der Waals surface area contributed by atoms with Gasteiger partial charge in [0.25, 0.3) is 6.01 Å². The molecule has 3 heterocycles. The third-order valence-corrected chi connectivity index (χ3v) is 5.96. The average Bonchev–Trinajstić information content (AvgIpc) is 3.33. The molecule has 0 unspecified atom stereocenters. The van der Waals surface area contributed by atoms with Gasteiger partial charge in [0.15, 0.2) is 0 Å². The third kappa shape index (κ3) is 4.24. The van der Waals surface area contributed by atoms with Gasteiger partial charge in [-0.3, -0.25) is 9.48 Å². The van der Waals surface area contributed by atoms with Gasteiger partial charge in [-0.2, -0.15) is 10.1 Å². The summed E-state index contributed by atoms with van der Waals surface area (Å²) in [6, 6.07) is 16.8. The van der Waals surface area contributed by atoms with Crippen molar-refractivity contribution in [2.24, 2.45) is 0 Å². The topological polar surface area (TPSA) is 90.2 Å². The summed E-state index contributed by atoms with van der Waals surface area (Å²) in [6.45, 7) is 2.90. The Bertz CT molecular complexity index is 1290. The van der Waals surface area contributed by atoms with Crippen LogP contribution in [0.2, 0.25) is 0 Å². The van der Waals surface area contributed by atoms with Gasteiger partial charge in [0.1, 0.15) is 18.1 Å². The standard InChI is InChI=1S/C25H24FN5O2/c1-16-13-18(7-8-19(16)26)21-14-22(17-5-3-2-4-6-17)31(29-21)15-24(32)30-11-9-20-23(10-12-30)33-25(27)28-20/h2-8,13-14H,9-12,15H2,1H3,(H2,27,28). The summed E-state index contributed by atoms with van der Waals surface area (Å²) in [4.78, 5) is 19.3. The first-order chi connectivity index (χ1) is 16.0. The van der Waals surface area contributed by atoms with Crippen LogP contribution in [0, 0.1) is 12.7 Å². The van der Waals surface area contributed by atoms with Crippen molar-refractivity contribution in [3.05, 3.63) is 77.4 Å². The van der Waals surface area contributed by atoms with Gasteiger partial charge in [-0.25, -0.2) is 4.39 Å². The largest absolute Gasteiger partial charge is 0.429 e. The van der Waals surface area contributed by atoms with Crippen LogP contribution in [0.1, 0.15) is 17.0 Å². The quantitative estimate of drug-likeness (QED) is 0.515. The lowest BCUT2D eigenvalue weighted by Gasteiger charge is -2.20. The molecule has 0 saturated heterocycles. The number of carbonyl (C=O) groups excluding carboxylic acids is 1. The molecule has 0 aliphatic carbocycles. The minimum atomic E-state index is -0.256. The number of fused-ring (bicyclic) bond motifs is 1. The number of anilines is 1. The van der Waals surface area contributed by atoms with Crippen molar-refractivity contribution < 1.29 is 13.6 Å². The highest BCUT2D eigenvalue weighted by Gasteiger charge is 2.24. The van der Waals surface area contributed by atoms with Gasteiger partial charge in [-0.15, -0.1) is 0 Å². The van der Waals surface area contributed by atoms with Gasteiger partial charge in [0, 0.05) is 31.5 Å². The van der Waals surface area contributed by atoms with Crippen LogP contribution >= 0.6 is 0 Å². The van der Waals surface area contributed by atoms with Crippen LogP contribution in [0.15, 0.2) is 59.0 Å². The number of aryl methyl sites for hydroxylation is 1. The van der Waals surface area contributed by atoms with Crippen molar-refractivity contribution in [1.82, 2.24) is 19.7 Å². The van der Waals surface area contributed by atoms with Gasteiger partial charge in [-0.05, 0) is 42.3 Å². The normalized spacial score (nSPS) is 13.6. The molecule has 2 N–H and O–H groups in total. The number of halogens is 1. The van der Waals surface area contributed by atoms with Crippen molar-refractivity contribution >= 4 is 11.9 Å². The monoisotopic (exact) mass is 445 g/mol. The molecule has 33 heavy (non-hydrogen) atoms. The summed E-state index contributed by atoms with van der Waals surface area (Å²) < 4.78 is 21.0. The Morgan fingerprint density at radius 3 is 2.67 bits per heavy atom. The van der Waals surface area contributed by atoms with E-state index in [1.807, 2.05) is 41.3 Å². The predicted molar refractivity (Wildman–Crippen MR) is 123 cm³/mol. The number of aromatic nitrogens is 3. The van der Waals surface area contributed by atoms with Crippen LogP contribution in [-0.2, 0) is 24.2 Å². The minimum Gasteiger partial charge on any atom is -0.429 e. The van der Waals surface area contributed by atoms with Crippen LogP contribution in [0.5, 0.6) is 0 Å². The Morgan fingerprint density at radius 2 is 1.88 bits per heavy atom. The van der Waals surface area contributed by atoms with Crippen LogP contribution < -0.4 is 5.73 Å². The maximum absolute atomic E-state index is 13.8. The number of hydrogen-bond donors (Lipinski definition) is 1. The van der Waals surface area contributed by atoms with Crippen molar-refractivity contribution in [1.29, 1.82) is 0 Å². The van der Waals surface area contributed by atoms with E-state index < -0.39 is 0 Å². The van der Waals surface area contributed by atoms with E-state index in [1.165, 1.54) is 6.07 Å². The SMILES string of the molecule is Cc1cc(-c2cc(-c3ccccc3)n(CC(=O)N3CCc4nc(N)oc4CC3)n2)ccc1F. The summed E-state index contributed by atoms with van der Waals surface area (Å²) >= 11 is 0. The molecule has 1 aliphatic heterocycles. The van der Waals surface area contributed by atoms with Gasteiger partial charge < -0.3 is 15.1 Å². The summed E-state index contributed by atoms with van der Waals surface area (Å²) in [6.07, 6.45) is 1.18. The maximum atomic E-state index is 13.8. The first-order valence-electron chi connectivity index (χ1n) is 10.9. The molecule has 0 fully saturated rings. The van der Waals surface area contributed by atoms with E-state index in [-0.39, 0.29) is 24.3 Å². The first kappa shape index (κ1) is 20.9. The Balaban J connectivity index is 1.42. The van der Waals surface area contributed by atoms with E-state index in [0.29, 0.717) is 37.2 Å². The molecule has 168 valence electrons. The number of rotatable bonds is 4. The number of nitrogen functional groups attached to an aromatic ring is 1. The highest BCUT2D eigenvalue weighted by molar-refractivity contribution is 5.78. The number of amides is 1. The smallest absolute Gasteiger partial charge is 0.292 e. The minimum absolute atomic E-state index is 0.0322. The van der Waals surface area contributed by atoms with Crippen LogP contribution in [0.3, 0.4) is 0 Å². The fourth-order valence-electron chi connectivity index (χ4n) is 4.18. The molecule has 0 bridgehead atoms. The Kier molecular flexibility index (Phi) is 5.42. The van der Waals surface area contributed by atoms with Crippen molar-refractivity contribution in [3.63, 3.8) is 0 Å². The maximum Gasteiger partial charge on any atom is 0.292 e. The van der Waals surface area contributed by atoms with Crippen molar-refractivity contribution in [2.75, 3.05) is 18.8 Å². The van der Waals surface area contributed by atoms with Crippen molar-refractivity contribution in [2.45, 2.75) is 26.3 Å². The van der Waals surface area contributed by atoms with E-state index in [2.05, 4.69) is 4.98 Å². The fourth-order valence-corrected chi connectivity index (χ4v) is 4.18. The molecule has 0 atom stereocenters. The van der Waals surface area contributed by atoms with E-state index in [9.17, 15) is 9.18 Å². The second-order valence-electron chi connectivity index (χ2n) is 8.21. The zero-order valence-corrected chi connectivity index (χ0v) is 18.3. The third-order valence-electron chi connectivity index (χ3n) is 5.96. The van der Waals surface area contributed by atoms with E-state index in [1.54, 1.807) is 23.7 Å². The Morgan fingerprint density at radius 1 is 1.09 bits per heavy atom. The zero-order valence-electron chi connectivity index (χ0n) is 18.3. The van der Waals surface area contributed by atoms with Gasteiger partial charge in [0.05, 0.1) is 17.1 Å². The number of benzene rings is 2. The fraction of sp³-hybridized carbons (Fsp3) is 0.240. The molecule has 1 amide bonds. The average molecular weight is 445 g/mol. The number of nitrogens with zero attached hydrogens (tertiary/aromatic N) is 4. The summed E-state index contributed by atoms with van der Waals surface area (Å²) in [5.74, 6) is 0.462. The molecule has 1 aliphatic rings. The highest BCUT2D eigenvalue weighted by Crippen LogP contribution is 2.28. The molecule has 0 saturated carbocycles. The lowest BCUT2D eigenvalue weighted by Crippen LogP contribution is -2.36. The number of nitrogens with two attached hydrogens (primary N) is 1. The van der Waals surface area contributed by atoms with Gasteiger partial charge in [0.2, 0.25) is 5.91 Å². The predicted octanol–water partition coefficient (Wildman–Crippen LogP) is 3.86. The van der Waals surface area contributed by atoms with E-state index in [4.69, 9.17) is 15.2 Å². The Labute approximate surface area is 190 Å². The van der Waals surface area contributed by atoms with Crippen LogP contribution in [-0.4, -0.2) is 38.7 Å². The van der Waals surface area contributed by atoms with E-state index in [0.717, 1.165) is 28.3 Å². The first-order valence-corrected chi connectivity index (χ1v) is 10.9. The summed E-state index contributed by atoms with van der Waals surface area (Å²) in [5, 5.41) is 4.73. The molecule has 0 radical (unpaired) electrons. The second kappa shape index (κ2) is 8.54. The number of oxazole rings is 1. The summed E-state index contributed by atoms with van der Waals surface area (Å²) in [5.41, 5.74) is 10.3. The van der Waals surface area contributed by atoms with Gasteiger partial charge in [-0.1, -0.05) is 30.3 Å². The molecule has 2 aromatic heterocycles. The lowest BCUT2D eigenvalue weighted by molar-refractivity contribution is -0.131. The number of hydrogen-bond acceptors (Lipinski definition) is 5. The Hall–Kier alpha value is -3.94. The lowest BCUT2D eigenvalue weighted by atomic mass is 10.1. The highest BCUT2D eigenvalue weighted by atomic mass is 19.1. The van der Waals surface area contributed by atoms with Crippen LogP contribution in [0.4, 0.5) is 10.4 Å².